The molecule has 9 heteroatoms. The Morgan fingerprint density at radius 3 is 2.25 bits per heavy atom. The van der Waals surface area contributed by atoms with E-state index in [0.717, 1.165) is 34.2 Å². The average Bonchev–Trinajstić information content (AvgIpc) is 3.48. The summed E-state index contributed by atoms with van der Waals surface area (Å²) in [7, 11) is 0. The number of nitrogens with one attached hydrogen (secondary N) is 1. The number of aliphatic hydroxyl groups excluding tert-OH is 1. The summed E-state index contributed by atoms with van der Waals surface area (Å²) in [5, 5.41) is 16.1. The van der Waals surface area contributed by atoms with Crippen LogP contribution in [0.25, 0.3) is 21.6 Å². The predicted molar refractivity (Wildman–Crippen MR) is 189 cm³/mol. The number of ether oxygens (including phenoxy) is 2. The lowest BCUT2D eigenvalue weighted by atomic mass is 9.80. The van der Waals surface area contributed by atoms with E-state index in [1.165, 1.54) is 0 Å². The third kappa shape index (κ3) is 8.42. The molecule has 1 aliphatic heterocycles. The molecule has 0 spiro atoms. The molecule has 5 rings (SSSR count). The van der Waals surface area contributed by atoms with Crippen molar-refractivity contribution in [1.29, 1.82) is 0 Å². The minimum Gasteiger partial charge on any atom is -0.494 e. The highest BCUT2D eigenvalue weighted by Gasteiger charge is 2.53. The van der Waals surface area contributed by atoms with Crippen LogP contribution in [-0.2, 0) is 22.5 Å². The van der Waals surface area contributed by atoms with Gasteiger partial charge in [-0.3, -0.25) is 4.79 Å². The van der Waals surface area contributed by atoms with Gasteiger partial charge in [0, 0.05) is 36.5 Å². The maximum atomic E-state index is 14.6. The van der Waals surface area contributed by atoms with Crippen LogP contribution in [0.1, 0.15) is 62.0 Å². The molecule has 0 bridgehead atoms. The zero-order valence-corrected chi connectivity index (χ0v) is 27.8. The molecule has 9 nitrogen and oxygen atoms in total. The number of hydrogen-bond donors (Lipinski definition) is 2. The highest BCUT2D eigenvalue weighted by atomic mass is 16.5. The van der Waals surface area contributed by atoms with Crippen molar-refractivity contribution in [2.75, 3.05) is 19.8 Å². The normalized spacial score (nSPS) is 17.2. The van der Waals surface area contributed by atoms with Crippen LogP contribution < -0.4 is 10.1 Å². The third-order valence-corrected chi connectivity index (χ3v) is 8.39. The second-order valence-corrected chi connectivity index (χ2v) is 13.2. The Hall–Kier alpha value is -5.11. The molecule has 0 unspecified atom stereocenters. The summed E-state index contributed by atoms with van der Waals surface area (Å²) >= 11 is 0. The molecule has 1 amide bonds. The van der Waals surface area contributed by atoms with Crippen LogP contribution in [-0.4, -0.2) is 42.2 Å². The number of hydrogen-bond acceptors (Lipinski definition) is 6. The molecule has 1 heterocycles. The van der Waals surface area contributed by atoms with E-state index in [9.17, 15) is 4.79 Å². The summed E-state index contributed by atoms with van der Waals surface area (Å²) in [6, 6.07) is 33.3. The topological polar surface area (TPSA) is 129 Å². The van der Waals surface area contributed by atoms with Crippen molar-refractivity contribution in [2.45, 2.75) is 58.2 Å². The third-order valence-electron chi connectivity index (χ3n) is 8.39. The van der Waals surface area contributed by atoms with E-state index in [4.69, 9.17) is 25.1 Å². The van der Waals surface area contributed by atoms with Crippen LogP contribution in [0.15, 0.2) is 113 Å². The first-order valence-electron chi connectivity index (χ1n) is 16.3. The molecule has 0 aromatic heterocycles. The Balaban J connectivity index is 1.59. The fourth-order valence-corrected chi connectivity index (χ4v) is 5.75. The largest absolute Gasteiger partial charge is 0.494 e. The Bertz CT molecular complexity index is 1740. The molecule has 0 fully saturated rings. The van der Waals surface area contributed by atoms with Crippen LogP contribution in [0.2, 0.25) is 0 Å². The van der Waals surface area contributed by atoms with Gasteiger partial charge in [0.05, 0.1) is 13.2 Å². The van der Waals surface area contributed by atoms with Gasteiger partial charge in [-0.15, -0.1) is 0 Å². The smallest absolute Gasteiger partial charge is 0.252 e. The van der Waals surface area contributed by atoms with Crippen LogP contribution in [0, 0.1) is 5.41 Å². The van der Waals surface area contributed by atoms with E-state index in [-0.39, 0.29) is 30.9 Å². The zero-order valence-electron chi connectivity index (χ0n) is 27.8. The fourth-order valence-electron chi connectivity index (χ4n) is 5.75. The monoisotopic (exact) mass is 645 g/mol. The van der Waals surface area contributed by atoms with Crippen molar-refractivity contribution < 1.29 is 19.4 Å². The number of aliphatic imine (C=N–C) groups is 1. The summed E-state index contributed by atoms with van der Waals surface area (Å²) in [5.41, 5.74) is 13.1. The maximum Gasteiger partial charge on any atom is 0.252 e. The summed E-state index contributed by atoms with van der Waals surface area (Å²) in [6.45, 7) is 7.52. The van der Waals surface area contributed by atoms with Gasteiger partial charge >= 0.3 is 0 Å². The van der Waals surface area contributed by atoms with Crippen molar-refractivity contribution in [1.82, 2.24) is 5.32 Å². The summed E-state index contributed by atoms with van der Waals surface area (Å²) < 4.78 is 12.5. The van der Waals surface area contributed by atoms with Gasteiger partial charge in [0.1, 0.15) is 5.75 Å². The van der Waals surface area contributed by atoms with Gasteiger partial charge in [0.2, 0.25) is 5.90 Å². The summed E-state index contributed by atoms with van der Waals surface area (Å²) in [4.78, 5) is 22.8. The van der Waals surface area contributed by atoms with Crippen molar-refractivity contribution in [2.24, 2.45) is 15.5 Å². The lowest BCUT2D eigenvalue weighted by Gasteiger charge is -2.32. The van der Waals surface area contributed by atoms with Gasteiger partial charge in [-0.1, -0.05) is 105 Å². The first-order valence-corrected chi connectivity index (χ1v) is 16.3. The first-order chi connectivity index (χ1) is 23.2. The number of benzene rings is 4. The van der Waals surface area contributed by atoms with Crippen molar-refractivity contribution in [3.05, 3.63) is 136 Å². The van der Waals surface area contributed by atoms with Gasteiger partial charge in [-0.25, -0.2) is 4.99 Å². The minimum atomic E-state index is -1.37. The molecular weight excluding hydrogens is 602 g/mol. The predicted octanol–water partition coefficient (Wildman–Crippen LogP) is 7.98. The molecule has 1 aliphatic rings. The van der Waals surface area contributed by atoms with E-state index >= 15 is 0 Å². The number of nitrogens with zero attached hydrogens (tertiary/aromatic N) is 4. The van der Waals surface area contributed by atoms with Crippen LogP contribution in [0.4, 0.5) is 0 Å². The molecule has 248 valence electrons. The molecule has 0 saturated heterocycles. The molecule has 4 aromatic carbocycles. The second-order valence-electron chi connectivity index (χ2n) is 13.2. The fraction of sp³-hybridized carbons (Fsp3) is 0.333. The van der Waals surface area contributed by atoms with E-state index in [0.29, 0.717) is 36.8 Å². The highest BCUT2D eigenvalue weighted by Crippen LogP contribution is 2.43. The highest BCUT2D eigenvalue weighted by molar-refractivity contribution is 6.01. The quantitative estimate of drug-likeness (QED) is 0.0623. The van der Waals surface area contributed by atoms with E-state index in [1.54, 1.807) is 0 Å². The molecule has 2 N–H and O–H groups in total. The lowest BCUT2D eigenvalue weighted by Crippen LogP contribution is -2.50. The molecule has 48 heavy (non-hydrogen) atoms. The molecule has 2 atom stereocenters. The number of azide groups is 1. The van der Waals surface area contributed by atoms with E-state index in [1.807, 2.05) is 91.0 Å². The molecular formula is C39H43N5O4. The molecule has 0 saturated carbocycles. The van der Waals surface area contributed by atoms with Crippen LogP contribution in [0.5, 0.6) is 5.75 Å². The molecule has 0 radical (unpaired) electrons. The standard InChI is InChI=1S/C39H43N5O4/c1-38(2,3)22-23-41-37(46)39(26-32-12-7-8-13-33(32)27-42-44-40)35(30-16-14-29(15-17-30)28-10-5-4-6-11-28)48-36(43-39)31-18-20-34(21-19-31)47-25-9-24-45/h4-8,10-21,35,45H,9,22-27H2,1-3H3,(H,41,46)/t35-,39-/m1/s1. The number of aliphatic hydroxyl groups is 1. The molecule has 0 aliphatic carbocycles. The Kier molecular flexibility index (Phi) is 11.2. The number of carbonyl (C=O) groups excluding carboxylic acids is 1. The number of amides is 1. The zero-order chi connectivity index (χ0) is 34.0. The van der Waals surface area contributed by atoms with Gasteiger partial charge in [0.15, 0.2) is 11.6 Å². The number of carbonyl (C=O) groups is 1. The van der Waals surface area contributed by atoms with Gasteiger partial charge < -0.3 is 19.9 Å². The van der Waals surface area contributed by atoms with Crippen LogP contribution in [0.3, 0.4) is 0 Å². The summed E-state index contributed by atoms with van der Waals surface area (Å²) in [6.07, 6.45) is 0.798. The molecule has 4 aromatic rings. The van der Waals surface area contributed by atoms with Crippen molar-refractivity contribution in [3.63, 3.8) is 0 Å². The van der Waals surface area contributed by atoms with E-state index < -0.39 is 11.6 Å². The minimum absolute atomic E-state index is 0.0244. The van der Waals surface area contributed by atoms with Crippen LogP contribution >= 0.6 is 0 Å². The van der Waals surface area contributed by atoms with Crippen molar-refractivity contribution >= 4 is 11.8 Å². The van der Waals surface area contributed by atoms with Crippen molar-refractivity contribution in [3.8, 4) is 16.9 Å². The summed E-state index contributed by atoms with van der Waals surface area (Å²) in [5.74, 6) is 0.783. The van der Waals surface area contributed by atoms with Gasteiger partial charge in [-0.05, 0) is 69.4 Å². The maximum absolute atomic E-state index is 14.6. The second kappa shape index (κ2) is 15.7. The Morgan fingerprint density at radius 2 is 1.58 bits per heavy atom. The average molecular weight is 646 g/mol. The van der Waals surface area contributed by atoms with Gasteiger partial charge in [0.25, 0.3) is 5.91 Å². The SMILES string of the molecule is CC(C)(C)CCNC(=O)[C@]1(Cc2ccccc2CN=[N+]=[N-])N=C(c2ccc(OCCCO)cc2)O[C@@H]1c1ccc(-c2ccccc2)cc1. The lowest BCUT2D eigenvalue weighted by molar-refractivity contribution is -0.129. The number of rotatable bonds is 14. The first kappa shape index (κ1) is 34.2. The van der Waals surface area contributed by atoms with E-state index in [2.05, 4.69) is 48.2 Å². The Labute approximate surface area is 282 Å². The Morgan fingerprint density at radius 1 is 0.938 bits per heavy atom. The van der Waals surface area contributed by atoms with Gasteiger partial charge in [-0.2, -0.15) is 0 Å².